The van der Waals surface area contributed by atoms with Gasteiger partial charge in [0.1, 0.15) is 23.1 Å². The molecule has 0 radical (unpaired) electrons. The number of benzene rings is 2. The number of anilines is 2. The van der Waals surface area contributed by atoms with E-state index in [2.05, 4.69) is 25.8 Å². The molecule has 36 heavy (non-hydrogen) atoms. The largest absolute Gasteiger partial charge is 0.470 e. The van der Waals surface area contributed by atoms with Crippen molar-refractivity contribution in [1.29, 1.82) is 0 Å². The zero-order valence-electron chi connectivity index (χ0n) is 20.5. The van der Waals surface area contributed by atoms with E-state index < -0.39 is 6.23 Å². The molecule has 5 rings (SSSR count). The Morgan fingerprint density at radius 3 is 2.75 bits per heavy atom. The molecule has 3 N–H and O–H groups in total. The fourth-order valence-corrected chi connectivity index (χ4v) is 4.44. The number of ether oxygens (including phenoxy) is 2. The molecule has 0 fully saturated rings. The lowest BCUT2D eigenvalue weighted by Crippen LogP contribution is -2.42. The van der Waals surface area contributed by atoms with Gasteiger partial charge >= 0.3 is 6.03 Å². The number of pyridine rings is 1. The fourth-order valence-electron chi connectivity index (χ4n) is 4.44. The molecule has 0 unspecified atom stereocenters. The van der Waals surface area contributed by atoms with Crippen LogP contribution >= 0.6 is 0 Å². The van der Waals surface area contributed by atoms with Crippen LogP contribution in [0, 0.1) is 0 Å². The first kappa shape index (κ1) is 23.6. The lowest BCUT2D eigenvalue weighted by atomic mass is 10.0. The van der Waals surface area contributed by atoms with Gasteiger partial charge in [-0.3, -0.25) is 4.79 Å². The molecule has 0 aliphatic carbocycles. The summed E-state index contributed by atoms with van der Waals surface area (Å²) >= 11 is 0. The highest BCUT2D eigenvalue weighted by atomic mass is 16.5. The summed E-state index contributed by atoms with van der Waals surface area (Å²) < 4.78 is 12.2. The smallest absolute Gasteiger partial charge is 0.322 e. The standard InChI is InChI=1S/C27H29N5O4/c1-16-21-14-19(35-23-12-13-28-25-20(23)9-11-24(33)30-25)8-10-22(21)36-26(16)31-27(34)29-18-6-4-17(5-7-18)15-32(2)3/h4-8,10,12-14,16,26H,9,11,15H2,1-3H3,(H,28,30,33)(H2,29,31,34)/t16-,26+/m0/s1. The van der Waals surface area contributed by atoms with E-state index >= 15 is 0 Å². The van der Waals surface area contributed by atoms with Gasteiger partial charge in [-0.2, -0.15) is 0 Å². The first-order chi connectivity index (χ1) is 17.4. The number of hydrogen-bond donors (Lipinski definition) is 3. The minimum atomic E-state index is -0.507. The van der Waals surface area contributed by atoms with Crippen LogP contribution in [0.4, 0.5) is 16.3 Å². The average Bonchev–Trinajstić information content (AvgIpc) is 3.14. The normalized spacial score (nSPS) is 18.1. The third-order valence-electron chi connectivity index (χ3n) is 6.26. The summed E-state index contributed by atoms with van der Waals surface area (Å²) in [6.45, 7) is 2.84. The van der Waals surface area contributed by atoms with Crippen molar-refractivity contribution in [2.45, 2.75) is 38.5 Å². The van der Waals surface area contributed by atoms with Gasteiger partial charge in [-0.1, -0.05) is 19.1 Å². The molecule has 9 nitrogen and oxygen atoms in total. The fraction of sp³-hybridized carbons (Fsp3) is 0.296. The van der Waals surface area contributed by atoms with Crippen LogP contribution in [-0.4, -0.2) is 42.1 Å². The van der Waals surface area contributed by atoms with Crippen LogP contribution in [0.3, 0.4) is 0 Å². The zero-order valence-corrected chi connectivity index (χ0v) is 20.5. The SMILES string of the molecule is C[C@H]1c2cc(Oc3ccnc4c3CCC(=O)N4)ccc2O[C@H]1NC(=O)Nc1ccc(CN(C)C)cc1. The monoisotopic (exact) mass is 487 g/mol. The number of carbonyl (C=O) groups excluding carboxylic acids is 2. The van der Waals surface area contributed by atoms with Crippen molar-refractivity contribution in [3.8, 4) is 17.2 Å². The van der Waals surface area contributed by atoms with Gasteiger partial charge in [0.15, 0.2) is 6.23 Å². The summed E-state index contributed by atoms with van der Waals surface area (Å²) in [6, 6.07) is 14.8. The Balaban J connectivity index is 1.23. The Morgan fingerprint density at radius 1 is 1.17 bits per heavy atom. The van der Waals surface area contributed by atoms with E-state index in [1.54, 1.807) is 12.3 Å². The van der Waals surface area contributed by atoms with E-state index in [0.717, 1.165) is 17.7 Å². The zero-order chi connectivity index (χ0) is 25.2. The Hall–Kier alpha value is -4.11. The minimum Gasteiger partial charge on any atom is -0.470 e. The van der Waals surface area contributed by atoms with Crippen molar-refractivity contribution in [1.82, 2.24) is 15.2 Å². The molecule has 0 bridgehead atoms. The topological polar surface area (TPSA) is 105 Å². The number of fused-ring (bicyclic) bond motifs is 2. The van der Waals surface area contributed by atoms with Gasteiger partial charge in [-0.15, -0.1) is 0 Å². The summed E-state index contributed by atoms with van der Waals surface area (Å²) in [5.41, 5.74) is 3.71. The van der Waals surface area contributed by atoms with Crippen molar-refractivity contribution in [2.24, 2.45) is 0 Å². The van der Waals surface area contributed by atoms with Crippen LogP contribution in [0.25, 0.3) is 0 Å². The molecule has 3 heterocycles. The molecule has 9 heteroatoms. The van der Waals surface area contributed by atoms with Crippen molar-refractivity contribution < 1.29 is 19.1 Å². The van der Waals surface area contributed by atoms with Crippen LogP contribution in [0.1, 0.15) is 36.0 Å². The second-order valence-electron chi connectivity index (χ2n) is 9.35. The number of aromatic nitrogens is 1. The van der Waals surface area contributed by atoms with Gasteiger partial charge in [0.25, 0.3) is 0 Å². The molecule has 2 atom stereocenters. The second-order valence-corrected chi connectivity index (χ2v) is 9.35. The summed E-state index contributed by atoms with van der Waals surface area (Å²) in [4.78, 5) is 30.6. The molecule has 0 spiro atoms. The predicted octanol–water partition coefficient (Wildman–Crippen LogP) is 4.46. The molecule has 3 amide bonds. The van der Waals surface area contributed by atoms with Crippen LogP contribution in [0.2, 0.25) is 0 Å². The molecule has 0 saturated carbocycles. The molecule has 3 aromatic rings. The van der Waals surface area contributed by atoms with Gasteiger partial charge in [-0.05, 0) is 62.5 Å². The quantitative estimate of drug-likeness (QED) is 0.474. The van der Waals surface area contributed by atoms with E-state index in [0.29, 0.717) is 41.6 Å². The van der Waals surface area contributed by atoms with Gasteiger partial charge in [0, 0.05) is 41.9 Å². The van der Waals surface area contributed by atoms with Crippen molar-refractivity contribution in [3.63, 3.8) is 0 Å². The number of hydrogen-bond acceptors (Lipinski definition) is 6. The maximum absolute atomic E-state index is 12.6. The van der Waals surface area contributed by atoms with Gasteiger partial charge in [0.05, 0.1) is 0 Å². The van der Waals surface area contributed by atoms with Crippen molar-refractivity contribution in [3.05, 3.63) is 71.4 Å². The van der Waals surface area contributed by atoms with Gasteiger partial charge in [0.2, 0.25) is 5.91 Å². The van der Waals surface area contributed by atoms with Crippen LogP contribution in [-0.2, 0) is 17.8 Å². The minimum absolute atomic E-state index is 0.0421. The van der Waals surface area contributed by atoms with Crippen LogP contribution < -0.4 is 25.4 Å². The number of amides is 3. The third-order valence-corrected chi connectivity index (χ3v) is 6.26. The molecule has 2 aromatic carbocycles. The van der Waals surface area contributed by atoms with Crippen LogP contribution in [0.5, 0.6) is 17.2 Å². The molecular weight excluding hydrogens is 458 g/mol. The molecular formula is C27H29N5O4. The Bertz CT molecular complexity index is 1290. The lowest BCUT2D eigenvalue weighted by Gasteiger charge is -2.19. The highest BCUT2D eigenvalue weighted by Gasteiger charge is 2.33. The molecule has 186 valence electrons. The average molecular weight is 488 g/mol. The number of nitrogens with one attached hydrogen (secondary N) is 3. The van der Waals surface area contributed by atoms with Crippen molar-refractivity contribution >= 4 is 23.4 Å². The number of rotatable bonds is 6. The molecule has 2 aliphatic rings. The molecule has 2 aliphatic heterocycles. The Labute approximate surface area is 209 Å². The van der Waals surface area contributed by atoms with Gasteiger partial charge < -0.3 is 30.3 Å². The third kappa shape index (κ3) is 5.11. The highest BCUT2D eigenvalue weighted by Crippen LogP contribution is 2.41. The maximum Gasteiger partial charge on any atom is 0.322 e. The summed E-state index contributed by atoms with van der Waals surface area (Å²) in [5, 5.41) is 8.57. The first-order valence-electron chi connectivity index (χ1n) is 11.9. The number of carbonyl (C=O) groups is 2. The Morgan fingerprint density at radius 2 is 1.97 bits per heavy atom. The van der Waals surface area contributed by atoms with Gasteiger partial charge in [-0.25, -0.2) is 9.78 Å². The summed E-state index contributed by atoms with van der Waals surface area (Å²) in [7, 11) is 4.03. The molecule has 1 aromatic heterocycles. The molecule has 0 saturated heterocycles. The predicted molar refractivity (Wildman–Crippen MR) is 137 cm³/mol. The van der Waals surface area contributed by atoms with Crippen LogP contribution in [0.15, 0.2) is 54.7 Å². The van der Waals surface area contributed by atoms with E-state index in [-0.39, 0.29) is 17.9 Å². The summed E-state index contributed by atoms with van der Waals surface area (Å²) in [6.07, 6.45) is 2.09. The highest BCUT2D eigenvalue weighted by molar-refractivity contribution is 5.93. The van der Waals surface area contributed by atoms with E-state index in [4.69, 9.17) is 9.47 Å². The van der Waals surface area contributed by atoms with E-state index in [9.17, 15) is 9.59 Å². The lowest BCUT2D eigenvalue weighted by molar-refractivity contribution is -0.116. The van der Waals surface area contributed by atoms with E-state index in [1.165, 1.54) is 5.56 Å². The maximum atomic E-state index is 12.6. The second kappa shape index (κ2) is 9.87. The summed E-state index contributed by atoms with van der Waals surface area (Å²) in [5.74, 6) is 2.44. The number of nitrogens with zero attached hydrogens (tertiary/aromatic N) is 2. The van der Waals surface area contributed by atoms with Crippen molar-refractivity contribution in [2.75, 3.05) is 24.7 Å². The Kier molecular flexibility index (Phi) is 6.47. The number of urea groups is 1. The van der Waals surface area contributed by atoms with E-state index in [1.807, 2.05) is 63.5 Å². The first-order valence-corrected chi connectivity index (χ1v) is 11.9.